The summed E-state index contributed by atoms with van der Waals surface area (Å²) in [5.41, 5.74) is 5.60. The molecule has 0 radical (unpaired) electrons. The molecule has 1 atom stereocenters. The van der Waals surface area contributed by atoms with E-state index in [1.54, 1.807) is 60.7 Å². The quantitative estimate of drug-likeness (QED) is 0.582. The summed E-state index contributed by atoms with van der Waals surface area (Å²) in [5.74, 6) is -2.94. The summed E-state index contributed by atoms with van der Waals surface area (Å²) in [6.07, 6.45) is -4.36. The standard InChI is InChI=1S/C22H19F3N4O3/c23-22(24,25)19(31)17(11-14-7-3-1-4-8-14)28-18(30)13-29-20(15-9-5-2-6-10-15)27-12-16(26)21(29)32/h1-10,12,17H,11,13,26H2,(H,28,30). The van der Waals surface area contributed by atoms with Gasteiger partial charge in [-0.2, -0.15) is 13.2 Å². The van der Waals surface area contributed by atoms with Crippen LogP contribution in [0.3, 0.4) is 0 Å². The number of hydrogen-bond acceptors (Lipinski definition) is 5. The Labute approximate surface area is 180 Å². The lowest BCUT2D eigenvalue weighted by atomic mass is 10.0. The molecule has 1 amide bonds. The number of nitrogens with zero attached hydrogens (tertiary/aromatic N) is 2. The lowest BCUT2D eigenvalue weighted by Gasteiger charge is -2.20. The third-order valence-corrected chi connectivity index (χ3v) is 4.62. The number of hydrogen-bond donors (Lipinski definition) is 2. The van der Waals surface area contributed by atoms with E-state index in [1.807, 2.05) is 0 Å². The number of carbonyl (C=O) groups is 2. The number of nitrogens with one attached hydrogen (secondary N) is 1. The molecule has 7 nitrogen and oxygen atoms in total. The summed E-state index contributed by atoms with van der Waals surface area (Å²) in [7, 11) is 0. The van der Waals surface area contributed by atoms with Crippen LogP contribution in [-0.4, -0.2) is 33.5 Å². The molecule has 0 aliphatic rings. The van der Waals surface area contributed by atoms with Crippen molar-refractivity contribution in [1.82, 2.24) is 14.9 Å². The van der Waals surface area contributed by atoms with Crippen LogP contribution in [0.1, 0.15) is 5.56 Å². The topological polar surface area (TPSA) is 107 Å². The molecule has 0 fully saturated rings. The first-order chi connectivity index (χ1) is 15.2. The highest BCUT2D eigenvalue weighted by Gasteiger charge is 2.43. The van der Waals surface area contributed by atoms with Crippen LogP contribution >= 0.6 is 0 Å². The molecular formula is C22H19F3N4O3. The maximum absolute atomic E-state index is 13.1. The second-order valence-electron chi connectivity index (χ2n) is 6.97. The molecule has 166 valence electrons. The van der Waals surface area contributed by atoms with E-state index in [1.165, 1.54) is 0 Å². The van der Waals surface area contributed by atoms with E-state index in [2.05, 4.69) is 10.3 Å². The Hall–Kier alpha value is -3.95. The van der Waals surface area contributed by atoms with Gasteiger partial charge in [0.2, 0.25) is 5.91 Å². The van der Waals surface area contributed by atoms with Crippen LogP contribution in [0.5, 0.6) is 0 Å². The van der Waals surface area contributed by atoms with E-state index in [-0.39, 0.29) is 17.9 Å². The van der Waals surface area contributed by atoms with Crippen LogP contribution in [0, 0.1) is 0 Å². The Morgan fingerprint density at radius 3 is 2.22 bits per heavy atom. The summed E-state index contributed by atoms with van der Waals surface area (Å²) in [6, 6.07) is 14.6. The van der Waals surface area contributed by atoms with Gasteiger partial charge in [0.05, 0.1) is 6.20 Å². The van der Waals surface area contributed by atoms with E-state index >= 15 is 0 Å². The molecule has 1 aromatic heterocycles. The van der Waals surface area contributed by atoms with E-state index < -0.39 is 36.0 Å². The number of nitrogens with two attached hydrogens (primary N) is 1. The smallest absolute Gasteiger partial charge is 0.393 e. The number of nitrogen functional groups attached to an aromatic ring is 1. The monoisotopic (exact) mass is 444 g/mol. The van der Waals surface area contributed by atoms with Gasteiger partial charge in [0.25, 0.3) is 11.3 Å². The average Bonchev–Trinajstić information content (AvgIpc) is 2.77. The van der Waals surface area contributed by atoms with Crippen LogP contribution in [-0.2, 0) is 22.6 Å². The molecule has 3 N–H and O–H groups in total. The van der Waals surface area contributed by atoms with Crippen LogP contribution in [0.25, 0.3) is 11.4 Å². The first kappa shape index (κ1) is 22.7. The molecule has 0 aliphatic carbocycles. The van der Waals surface area contributed by atoms with Gasteiger partial charge in [-0.05, 0) is 5.56 Å². The van der Waals surface area contributed by atoms with Crippen LogP contribution in [0.4, 0.5) is 18.9 Å². The summed E-state index contributed by atoms with van der Waals surface area (Å²) < 4.78 is 40.3. The van der Waals surface area contributed by atoms with E-state index in [9.17, 15) is 27.6 Å². The van der Waals surface area contributed by atoms with Crippen molar-refractivity contribution in [3.05, 3.63) is 82.8 Å². The number of Topliss-reactive ketones (excluding diaryl/α,β-unsaturated/α-hetero) is 1. The van der Waals surface area contributed by atoms with Crippen molar-refractivity contribution in [3.8, 4) is 11.4 Å². The number of aromatic nitrogens is 2. The zero-order valence-corrected chi connectivity index (χ0v) is 16.7. The Balaban J connectivity index is 1.89. The molecule has 0 bridgehead atoms. The number of alkyl halides is 3. The first-order valence-corrected chi connectivity index (χ1v) is 9.52. The summed E-state index contributed by atoms with van der Waals surface area (Å²) >= 11 is 0. The molecule has 0 aliphatic heterocycles. The van der Waals surface area contributed by atoms with Crippen molar-refractivity contribution < 1.29 is 22.8 Å². The summed E-state index contributed by atoms with van der Waals surface area (Å²) in [6.45, 7) is -0.669. The number of carbonyl (C=O) groups excluding carboxylic acids is 2. The molecule has 0 spiro atoms. The van der Waals surface area contributed by atoms with Crippen LogP contribution in [0.15, 0.2) is 71.7 Å². The number of rotatable bonds is 7. The highest BCUT2D eigenvalue weighted by molar-refractivity contribution is 5.93. The Kier molecular flexibility index (Phi) is 6.72. The third-order valence-electron chi connectivity index (χ3n) is 4.62. The molecule has 1 unspecified atom stereocenters. The van der Waals surface area contributed by atoms with E-state index in [0.29, 0.717) is 11.1 Å². The lowest BCUT2D eigenvalue weighted by Crippen LogP contribution is -2.49. The van der Waals surface area contributed by atoms with Crippen molar-refractivity contribution in [1.29, 1.82) is 0 Å². The Morgan fingerprint density at radius 1 is 1.03 bits per heavy atom. The lowest BCUT2D eigenvalue weighted by molar-refractivity contribution is -0.173. The summed E-state index contributed by atoms with van der Waals surface area (Å²) in [4.78, 5) is 41.2. The zero-order valence-electron chi connectivity index (χ0n) is 16.7. The van der Waals surface area contributed by atoms with Gasteiger partial charge in [0.1, 0.15) is 24.1 Å². The molecule has 1 heterocycles. The first-order valence-electron chi connectivity index (χ1n) is 9.52. The Bertz CT molecular complexity index is 1160. The maximum atomic E-state index is 13.1. The third kappa shape index (κ3) is 5.39. The predicted molar refractivity (Wildman–Crippen MR) is 111 cm³/mol. The summed E-state index contributed by atoms with van der Waals surface area (Å²) in [5, 5.41) is 2.11. The number of halogens is 3. The van der Waals surface area contributed by atoms with Crippen LogP contribution < -0.4 is 16.6 Å². The van der Waals surface area contributed by atoms with Gasteiger partial charge in [0, 0.05) is 12.0 Å². The molecule has 2 aromatic carbocycles. The molecule has 10 heteroatoms. The maximum Gasteiger partial charge on any atom is 0.452 e. The zero-order chi connectivity index (χ0) is 23.3. The molecule has 3 aromatic rings. The van der Waals surface area contributed by atoms with Gasteiger partial charge in [-0.3, -0.25) is 19.0 Å². The minimum absolute atomic E-state index is 0.113. The largest absolute Gasteiger partial charge is 0.452 e. The molecule has 32 heavy (non-hydrogen) atoms. The molecule has 0 saturated carbocycles. The molecule has 3 rings (SSSR count). The van der Waals surface area contributed by atoms with Crippen molar-refractivity contribution in [3.63, 3.8) is 0 Å². The highest BCUT2D eigenvalue weighted by atomic mass is 19.4. The average molecular weight is 444 g/mol. The van der Waals surface area contributed by atoms with Gasteiger partial charge in [-0.25, -0.2) is 4.98 Å². The molecule has 0 saturated heterocycles. The number of benzene rings is 2. The molecular weight excluding hydrogens is 425 g/mol. The second kappa shape index (κ2) is 9.46. The minimum atomic E-state index is -5.14. The number of anilines is 1. The van der Waals surface area contributed by atoms with Gasteiger partial charge in [0.15, 0.2) is 0 Å². The van der Waals surface area contributed by atoms with Crippen molar-refractivity contribution in [2.75, 3.05) is 5.73 Å². The second-order valence-corrected chi connectivity index (χ2v) is 6.97. The van der Waals surface area contributed by atoms with Crippen molar-refractivity contribution >= 4 is 17.4 Å². The highest BCUT2D eigenvalue weighted by Crippen LogP contribution is 2.20. The van der Waals surface area contributed by atoms with E-state index in [4.69, 9.17) is 5.73 Å². The fourth-order valence-corrected chi connectivity index (χ4v) is 3.11. The number of amides is 1. The van der Waals surface area contributed by atoms with E-state index in [0.717, 1.165) is 10.8 Å². The minimum Gasteiger partial charge on any atom is -0.393 e. The Morgan fingerprint density at radius 2 is 1.62 bits per heavy atom. The van der Waals surface area contributed by atoms with Gasteiger partial charge < -0.3 is 11.1 Å². The van der Waals surface area contributed by atoms with Crippen molar-refractivity contribution in [2.45, 2.75) is 25.2 Å². The van der Waals surface area contributed by atoms with Gasteiger partial charge in [-0.15, -0.1) is 0 Å². The van der Waals surface area contributed by atoms with Gasteiger partial charge >= 0.3 is 6.18 Å². The number of ketones is 1. The fourth-order valence-electron chi connectivity index (χ4n) is 3.11. The predicted octanol–water partition coefficient (Wildman–Crippen LogP) is 2.35. The van der Waals surface area contributed by atoms with Crippen LogP contribution in [0.2, 0.25) is 0 Å². The fraction of sp³-hybridized carbons (Fsp3) is 0.182. The van der Waals surface area contributed by atoms with Gasteiger partial charge in [-0.1, -0.05) is 60.7 Å². The normalized spacial score (nSPS) is 12.2. The van der Waals surface area contributed by atoms with Crippen molar-refractivity contribution in [2.24, 2.45) is 0 Å². The SMILES string of the molecule is Nc1cnc(-c2ccccc2)n(CC(=O)NC(Cc2ccccc2)C(=O)C(F)(F)F)c1=O.